The smallest absolute Gasteiger partial charge is 0.321 e. The van der Waals surface area contributed by atoms with Crippen molar-refractivity contribution >= 4 is 15.8 Å². The maximum absolute atomic E-state index is 11.2. The minimum atomic E-state index is -3.18. The maximum atomic E-state index is 11.2. The predicted octanol–water partition coefficient (Wildman–Crippen LogP) is 0.127. The lowest BCUT2D eigenvalue weighted by molar-refractivity contribution is -0.139. The van der Waals surface area contributed by atoms with Crippen LogP contribution in [0.5, 0.6) is 0 Å². The van der Waals surface area contributed by atoms with Crippen LogP contribution >= 0.6 is 0 Å². The molecule has 0 unspecified atom stereocenters. The fourth-order valence-electron chi connectivity index (χ4n) is 0.912. The Bertz CT molecular complexity index is 263. The first-order valence-corrected chi connectivity index (χ1v) is 5.65. The summed E-state index contributed by atoms with van der Waals surface area (Å²) in [6, 6.07) is 0. The molecule has 0 N–H and O–H groups in total. The summed E-state index contributed by atoms with van der Waals surface area (Å²) in [7, 11) is -3.18. The van der Waals surface area contributed by atoms with Crippen LogP contribution in [-0.4, -0.2) is 32.0 Å². The van der Waals surface area contributed by atoms with Gasteiger partial charge in [0.2, 0.25) is 0 Å². The molecule has 0 amide bonds. The van der Waals surface area contributed by atoms with Crippen molar-refractivity contribution in [1.29, 1.82) is 0 Å². The van der Waals surface area contributed by atoms with Crippen LogP contribution < -0.4 is 0 Å². The van der Waals surface area contributed by atoms with Crippen LogP contribution in [0.4, 0.5) is 0 Å². The number of esters is 1. The van der Waals surface area contributed by atoms with E-state index in [1.165, 1.54) is 0 Å². The van der Waals surface area contributed by atoms with E-state index in [1.807, 2.05) is 0 Å². The molecule has 0 aromatic rings. The topological polar surface area (TPSA) is 60.4 Å². The maximum Gasteiger partial charge on any atom is 0.321 e. The molecule has 5 heteroatoms. The van der Waals surface area contributed by atoms with Crippen LogP contribution in [0, 0.1) is 0 Å². The summed E-state index contributed by atoms with van der Waals surface area (Å²) in [5.74, 6) is -1.09. The van der Waals surface area contributed by atoms with Crippen molar-refractivity contribution in [3.8, 4) is 0 Å². The molecule has 12 heavy (non-hydrogen) atoms. The van der Waals surface area contributed by atoms with Crippen LogP contribution in [0.15, 0.2) is 0 Å². The monoisotopic (exact) mass is 192 g/mol. The van der Waals surface area contributed by atoms with Gasteiger partial charge in [-0.15, -0.1) is 0 Å². The summed E-state index contributed by atoms with van der Waals surface area (Å²) in [5, 5.41) is -0.276. The fraction of sp³-hybridized carbons (Fsp3) is 0.857. The SMILES string of the molecule is CCOC(=O)CS(=O)(=O)C1CC1. The van der Waals surface area contributed by atoms with Crippen molar-refractivity contribution in [3.05, 3.63) is 0 Å². The molecule has 1 saturated carbocycles. The third-order valence-corrected chi connectivity index (χ3v) is 3.78. The van der Waals surface area contributed by atoms with E-state index in [2.05, 4.69) is 4.74 Å². The second kappa shape index (κ2) is 3.43. The number of hydrogen-bond donors (Lipinski definition) is 0. The molecule has 1 rings (SSSR count). The Kier molecular flexibility index (Phi) is 2.72. The Morgan fingerprint density at radius 1 is 1.50 bits per heavy atom. The Labute approximate surface area is 71.8 Å². The van der Waals surface area contributed by atoms with Gasteiger partial charge in [0.25, 0.3) is 0 Å². The standard InChI is InChI=1S/C7H12O4S/c1-2-11-7(8)5-12(9,10)6-3-4-6/h6H,2-5H2,1H3. The Hall–Kier alpha value is -0.580. The number of ether oxygens (including phenoxy) is 1. The molecule has 0 aliphatic heterocycles. The lowest BCUT2D eigenvalue weighted by Gasteiger charge is -2.01. The Morgan fingerprint density at radius 2 is 2.08 bits per heavy atom. The average Bonchev–Trinajstić information content (AvgIpc) is 2.65. The number of hydrogen-bond acceptors (Lipinski definition) is 4. The van der Waals surface area contributed by atoms with Crippen molar-refractivity contribution in [1.82, 2.24) is 0 Å². The molecule has 0 atom stereocenters. The predicted molar refractivity (Wildman–Crippen MR) is 43.4 cm³/mol. The van der Waals surface area contributed by atoms with Crippen molar-refractivity contribution < 1.29 is 17.9 Å². The zero-order valence-electron chi connectivity index (χ0n) is 6.95. The lowest BCUT2D eigenvalue weighted by atomic mass is 10.8. The summed E-state index contributed by atoms with van der Waals surface area (Å²) in [6.45, 7) is 1.89. The Morgan fingerprint density at radius 3 is 2.50 bits per heavy atom. The fourth-order valence-corrected chi connectivity index (χ4v) is 2.41. The van der Waals surface area contributed by atoms with Crippen molar-refractivity contribution in [2.24, 2.45) is 0 Å². The van der Waals surface area contributed by atoms with E-state index in [9.17, 15) is 13.2 Å². The van der Waals surface area contributed by atoms with Gasteiger partial charge in [-0.3, -0.25) is 4.79 Å². The second-order valence-corrected chi connectivity index (χ2v) is 5.09. The van der Waals surface area contributed by atoms with Gasteiger partial charge in [0.05, 0.1) is 11.9 Å². The largest absolute Gasteiger partial charge is 0.465 e. The molecule has 0 aromatic heterocycles. The van der Waals surface area contributed by atoms with E-state index in [0.29, 0.717) is 12.8 Å². The molecule has 0 aromatic carbocycles. The molecule has 1 aliphatic rings. The van der Waals surface area contributed by atoms with E-state index >= 15 is 0 Å². The van der Waals surface area contributed by atoms with E-state index < -0.39 is 21.6 Å². The van der Waals surface area contributed by atoms with E-state index in [-0.39, 0.29) is 11.9 Å². The number of carbonyl (C=O) groups excluding carboxylic acids is 1. The third-order valence-electron chi connectivity index (χ3n) is 1.66. The highest BCUT2D eigenvalue weighted by molar-refractivity contribution is 7.92. The van der Waals surface area contributed by atoms with Gasteiger partial charge in [-0.2, -0.15) is 0 Å². The molecular weight excluding hydrogens is 180 g/mol. The van der Waals surface area contributed by atoms with Gasteiger partial charge in [-0.25, -0.2) is 8.42 Å². The first-order chi connectivity index (χ1) is 5.56. The Balaban J connectivity index is 2.44. The molecule has 4 nitrogen and oxygen atoms in total. The van der Waals surface area contributed by atoms with Gasteiger partial charge < -0.3 is 4.74 Å². The third kappa shape index (κ3) is 2.48. The summed E-state index contributed by atoms with van der Waals surface area (Å²) >= 11 is 0. The summed E-state index contributed by atoms with van der Waals surface area (Å²) in [4.78, 5) is 10.8. The quantitative estimate of drug-likeness (QED) is 0.594. The van der Waals surface area contributed by atoms with Gasteiger partial charge >= 0.3 is 5.97 Å². The number of sulfone groups is 1. The average molecular weight is 192 g/mol. The van der Waals surface area contributed by atoms with Crippen LogP contribution in [-0.2, 0) is 19.4 Å². The highest BCUT2D eigenvalue weighted by Gasteiger charge is 2.37. The van der Waals surface area contributed by atoms with Crippen LogP contribution in [0.25, 0.3) is 0 Å². The van der Waals surface area contributed by atoms with Gasteiger partial charge in [0.1, 0.15) is 5.75 Å². The van der Waals surface area contributed by atoms with Gasteiger partial charge in [-0.1, -0.05) is 0 Å². The number of rotatable bonds is 4. The van der Waals surface area contributed by atoms with Gasteiger partial charge in [0.15, 0.2) is 9.84 Å². The second-order valence-electron chi connectivity index (χ2n) is 2.81. The normalized spacial score (nSPS) is 17.4. The summed E-state index contributed by atoms with van der Waals surface area (Å²) < 4.78 is 26.9. The van der Waals surface area contributed by atoms with Crippen LogP contribution in [0.2, 0.25) is 0 Å². The molecule has 0 bridgehead atoms. The summed E-state index contributed by atoms with van der Waals surface area (Å²) in [6.07, 6.45) is 1.39. The van der Waals surface area contributed by atoms with Crippen molar-refractivity contribution in [2.45, 2.75) is 25.0 Å². The van der Waals surface area contributed by atoms with E-state index in [0.717, 1.165) is 0 Å². The van der Waals surface area contributed by atoms with Crippen molar-refractivity contribution in [2.75, 3.05) is 12.4 Å². The molecule has 1 aliphatic carbocycles. The highest BCUT2D eigenvalue weighted by atomic mass is 32.2. The molecule has 70 valence electrons. The molecule has 0 radical (unpaired) electrons. The minimum absolute atomic E-state index is 0.235. The van der Waals surface area contributed by atoms with E-state index in [4.69, 9.17) is 0 Å². The minimum Gasteiger partial charge on any atom is -0.465 e. The van der Waals surface area contributed by atoms with Gasteiger partial charge in [0, 0.05) is 0 Å². The first-order valence-electron chi connectivity index (χ1n) is 3.93. The molecule has 1 fully saturated rings. The zero-order valence-corrected chi connectivity index (χ0v) is 7.76. The van der Waals surface area contributed by atoms with E-state index in [1.54, 1.807) is 6.92 Å². The molecule has 0 heterocycles. The zero-order chi connectivity index (χ0) is 9.19. The molecular formula is C7H12O4S. The molecule has 0 spiro atoms. The van der Waals surface area contributed by atoms with Crippen LogP contribution in [0.3, 0.4) is 0 Å². The lowest BCUT2D eigenvalue weighted by Crippen LogP contribution is -2.21. The van der Waals surface area contributed by atoms with Crippen molar-refractivity contribution in [3.63, 3.8) is 0 Å². The summed E-state index contributed by atoms with van der Waals surface area (Å²) in [5.41, 5.74) is 0. The van der Waals surface area contributed by atoms with Crippen LogP contribution in [0.1, 0.15) is 19.8 Å². The first kappa shape index (κ1) is 9.51. The highest BCUT2D eigenvalue weighted by Crippen LogP contribution is 2.28. The molecule has 0 saturated heterocycles. The number of carbonyl (C=O) groups is 1. The van der Waals surface area contributed by atoms with Gasteiger partial charge in [-0.05, 0) is 19.8 Å².